The Hall–Kier alpha value is -4.92. The Kier molecular flexibility index (Phi) is 5.73. The molecule has 0 radical (unpaired) electrons. The highest BCUT2D eigenvalue weighted by Gasteiger charge is 2.27. The number of aromatic carboxylic acids is 1. The topological polar surface area (TPSA) is 122 Å². The van der Waals surface area contributed by atoms with E-state index in [1.807, 2.05) is 36.4 Å². The van der Waals surface area contributed by atoms with Crippen LogP contribution in [0.5, 0.6) is 5.75 Å². The maximum Gasteiger partial charge on any atom is 0.335 e. The van der Waals surface area contributed by atoms with Crippen LogP contribution in [0, 0.1) is 0 Å². The summed E-state index contributed by atoms with van der Waals surface area (Å²) >= 11 is 0. The molecule has 0 unspecified atom stereocenters. The second-order valence-corrected chi connectivity index (χ2v) is 8.31. The van der Waals surface area contributed by atoms with Crippen LogP contribution < -0.4 is 10.5 Å². The van der Waals surface area contributed by atoms with Crippen molar-refractivity contribution in [3.63, 3.8) is 0 Å². The lowest BCUT2D eigenvalue weighted by atomic mass is 9.96. The van der Waals surface area contributed by atoms with Gasteiger partial charge in [0.1, 0.15) is 5.52 Å². The number of para-hydroxylation sites is 2. The minimum atomic E-state index is -1.04. The Balaban J connectivity index is 1.69. The molecular weight excluding hydrogens is 460 g/mol. The van der Waals surface area contributed by atoms with Crippen LogP contribution in [0.4, 0.5) is 5.95 Å². The molecule has 0 amide bonds. The number of aromatic nitrogens is 3. The van der Waals surface area contributed by atoms with E-state index in [9.17, 15) is 19.8 Å². The molecule has 3 aromatic carbocycles. The Bertz CT molecular complexity index is 1610. The molecule has 0 saturated carbocycles. The number of carboxylic acid groups (broad SMARTS) is 1. The van der Waals surface area contributed by atoms with Gasteiger partial charge in [-0.1, -0.05) is 54.6 Å². The molecule has 0 aliphatic rings. The van der Waals surface area contributed by atoms with Crippen LogP contribution >= 0.6 is 0 Å². The summed E-state index contributed by atoms with van der Waals surface area (Å²) in [5, 5.41) is 20.2. The Morgan fingerprint density at radius 3 is 2.39 bits per heavy atom. The first-order chi connectivity index (χ1) is 17.3. The van der Waals surface area contributed by atoms with Gasteiger partial charge in [0.25, 0.3) is 11.4 Å². The summed E-state index contributed by atoms with van der Waals surface area (Å²) in [5.74, 6) is -1.38. The molecule has 0 saturated heterocycles. The van der Waals surface area contributed by atoms with Gasteiger partial charge in [-0.25, -0.2) is 14.8 Å². The molecule has 9 heteroatoms. The number of hydrogen-bond donors (Lipinski definition) is 2. The Labute approximate surface area is 205 Å². The minimum absolute atomic E-state index is 0.0187. The van der Waals surface area contributed by atoms with Gasteiger partial charge in [-0.05, 0) is 35.4 Å². The molecule has 0 aliphatic carbocycles. The third-order valence-corrected chi connectivity index (χ3v) is 6.01. The Morgan fingerprint density at radius 1 is 0.972 bits per heavy atom. The van der Waals surface area contributed by atoms with Crippen molar-refractivity contribution in [2.75, 3.05) is 11.9 Å². The van der Waals surface area contributed by atoms with Gasteiger partial charge in [0.05, 0.1) is 11.6 Å². The number of fused-ring (bicyclic) bond motifs is 1. The second-order valence-electron chi connectivity index (χ2n) is 8.31. The van der Waals surface area contributed by atoms with Gasteiger partial charge in [-0.15, -0.1) is 0 Å². The maximum atomic E-state index is 13.0. The fraction of sp³-hybridized carbons (Fsp3) is 0.111. The number of carboxylic acids is 1. The largest absolute Gasteiger partial charge is 0.501 e. The van der Waals surface area contributed by atoms with Gasteiger partial charge in [0, 0.05) is 14.1 Å². The van der Waals surface area contributed by atoms with Crippen molar-refractivity contribution in [3.8, 4) is 17.3 Å². The normalized spacial score (nSPS) is 11.9. The summed E-state index contributed by atoms with van der Waals surface area (Å²) < 4.78 is 7.01. The number of nitrogens with zero attached hydrogens (tertiary/aromatic N) is 4. The first-order valence-electron chi connectivity index (χ1n) is 11.1. The fourth-order valence-corrected chi connectivity index (χ4v) is 4.25. The molecule has 0 aliphatic heterocycles. The zero-order valence-corrected chi connectivity index (χ0v) is 19.5. The van der Waals surface area contributed by atoms with E-state index < -0.39 is 23.3 Å². The van der Waals surface area contributed by atoms with E-state index in [4.69, 9.17) is 4.42 Å². The van der Waals surface area contributed by atoms with E-state index >= 15 is 0 Å². The number of oxazole rings is 1. The molecule has 0 fully saturated rings. The van der Waals surface area contributed by atoms with Crippen LogP contribution in [0.3, 0.4) is 0 Å². The molecule has 1 atom stereocenters. The zero-order valence-electron chi connectivity index (χ0n) is 19.5. The van der Waals surface area contributed by atoms with Gasteiger partial charge >= 0.3 is 5.97 Å². The van der Waals surface area contributed by atoms with E-state index in [1.165, 1.54) is 17.7 Å². The third kappa shape index (κ3) is 3.96. The highest BCUT2D eigenvalue weighted by Crippen LogP contribution is 2.34. The fourth-order valence-electron chi connectivity index (χ4n) is 4.25. The third-order valence-electron chi connectivity index (χ3n) is 6.01. The Morgan fingerprint density at radius 2 is 1.67 bits per heavy atom. The van der Waals surface area contributed by atoms with E-state index in [0.29, 0.717) is 16.7 Å². The van der Waals surface area contributed by atoms with Gasteiger partial charge in [0.2, 0.25) is 11.7 Å². The van der Waals surface area contributed by atoms with Crippen LogP contribution in [0.2, 0.25) is 0 Å². The smallest absolute Gasteiger partial charge is 0.335 e. The molecule has 5 aromatic rings. The van der Waals surface area contributed by atoms with Crippen LogP contribution in [0.25, 0.3) is 22.7 Å². The first-order valence-corrected chi connectivity index (χ1v) is 11.1. The summed E-state index contributed by atoms with van der Waals surface area (Å²) in [7, 11) is 3.26. The quantitative estimate of drug-likeness (QED) is 0.369. The predicted molar refractivity (Wildman–Crippen MR) is 134 cm³/mol. The van der Waals surface area contributed by atoms with Crippen LogP contribution in [-0.4, -0.2) is 37.8 Å². The van der Waals surface area contributed by atoms with Crippen LogP contribution in [0.15, 0.2) is 88.1 Å². The molecule has 36 heavy (non-hydrogen) atoms. The molecule has 2 heterocycles. The number of rotatable bonds is 6. The molecule has 0 bridgehead atoms. The van der Waals surface area contributed by atoms with Crippen molar-refractivity contribution < 1.29 is 19.4 Å². The monoisotopic (exact) mass is 482 g/mol. The van der Waals surface area contributed by atoms with E-state index in [1.54, 1.807) is 48.3 Å². The highest BCUT2D eigenvalue weighted by atomic mass is 16.4. The average molecular weight is 482 g/mol. The molecule has 9 nitrogen and oxygen atoms in total. The van der Waals surface area contributed by atoms with Crippen molar-refractivity contribution in [1.29, 1.82) is 0 Å². The molecule has 2 N–H and O–H groups in total. The number of aromatic hydroxyl groups is 1. The van der Waals surface area contributed by atoms with E-state index in [0.717, 1.165) is 5.56 Å². The standard InChI is InChI=1S/C27H22N4O5/c1-30(22(16-9-4-3-5-10-16)17-11-8-12-18(15-17)26(34)35)27-29-21(23(32)25(33)31(27)2)24-28-19-13-6-7-14-20(19)36-24/h3-15,22,32H,1-2H3,(H,34,35)/t22-/m1/s1. The maximum absolute atomic E-state index is 13.0. The molecular formula is C27H22N4O5. The van der Waals surface area contributed by atoms with E-state index in [-0.39, 0.29) is 23.1 Å². The number of anilines is 1. The lowest BCUT2D eigenvalue weighted by molar-refractivity contribution is 0.0696. The SMILES string of the molecule is CN(c1nc(-c2nc3ccccc3o2)c(O)c(=O)n1C)[C@H](c1ccccc1)c1cccc(C(=O)O)c1. The lowest BCUT2D eigenvalue weighted by Gasteiger charge is -2.31. The summed E-state index contributed by atoms with van der Waals surface area (Å²) in [5.41, 5.74) is 2.00. The van der Waals surface area contributed by atoms with Crippen molar-refractivity contribution in [2.24, 2.45) is 7.05 Å². The summed E-state index contributed by atoms with van der Waals surface area (Å²) in [6.45, 7) is 0. The molecule has 5 rings (SSSR count). The average Bonchev–Trinajstić information content (AvgIpc) is 3.32. The minimum Gasteiger partial charge on any atom is -0.501 e. The molecule has 2 aromatic heterocycles. The predicted octanol–water partition coefficient (Wildman–Crippen LogP) is 4.22. The molecule has 0 spiro atoms. The summed E-state index contributed by atoms with van der Waals surface area (Å²) in [6, 6.07) is 22.7. The zero-order chi connectivity index (χ0) is 25.4. The van der Waals surface area contributed by atoms with Crippen LogP contribution in [0.1, 0.15) is 27.5 Å². The van der Waals surface area contributed by atoms with Crippen molar-refractivity contribution in [1.82, 2.24) is 14.5 Å². The number of benzene rings is 3. The highest BCUT2D eigenvalue weighted by molar-refractivity contribution is 5.87. The summed E-state index contributed by atoms with van der Waals surface area (Å²) in [6.07, 6.45) is 0. The van der Waals surface area contributed by atoms with Gasteiger partial charge in [-0.2, -0.15) is 0 Å². The van der Waals surface area contributed by atoms with Crippen LogP contribution in [-0.2, 0) is 7.05 Å². The first kappa shape index (κ1) is 22.9. The number of carbonyl (C=O) groups is 1. The summed E-state index contributed by atoms with van der Waals surface area (Å²) in [4.78, 5) is 35.4. The van der Waals surface area contributed by atoms with Gasteiger partial charge in [-0.3, -0.25) is 9.36 Å². The van der Waals surface area contributed by atoms with Crippen molar-refractivity contribution in [3.05, 3.63) is 106 Å². The van der Waals surface area contributed by atoms with Crippen molar-refractivity contribution in [2.45, 2.75) is 6.04 Å². The van der Waals surface area contributed by atoms with E-state index in [2.05, 4.69) is 9.97 Å². The number of hydrogen-bond acceptors (Lipinski definition) is 7. The second kappa shape index (κ2) is 9.03. The van der Waals surface area contributed by atoms with Crippen molar-refractivity contribution >= 4 is 23.0 Å². The van der Waals surface area contributed by atoms with Gasteiger partial charge in [0.15, 0.2) is 11.3 Å². The van der Waals surface area contributed by atoms with Gasteiger partial charge < -0.3 is 19.5 Å². The molecule has 180 valence electrons. The lowest BCUT2D eigenvalue weighted by Crippen LogP contribution is -2.33.